The standard InChI is InChI=1S/C11H16N2OS.BrH/c1-14-10-6-4-9(5-7-10)3-2-8-13-11(12)15;/h4-7H,2-3,8H2,1H3,(H3,12,13,15);1H. The highest BCUT2D eigenvalue weighted by Gasteiger charge is 1.94. The third-order valence-corrected chi connectivity index (χ3v) is 2.20. The molecule has 0 aliphatic carbocycles. The topological polar surface area (TPSA) is 47.6 Å². The molecule has 0 radical (unpaired) electrons. The van der Waals surface area contributed by atoms with Gasteiger partial charge in [0.2, 0.25) is 0 Å². The zero-order valence-electron chi connectivity index (χ0n) is 9.22. The first-order valence-corrected chi connectivity index (χ1v) is 5.29. The highest BCUT2D eigenvalue weighted by atomic mass is 79.9. The van der Waals surface area contributed by atoms with Crippen LogP contribution in [-0.4, -0.2) is 18.8 Å². The molecule has 0 fully saturated rings. The largest absolute Gasteiger partial charge is 0.497 e. The van der Waals surface area contributed by atoms with Gasteiger partial charge < -0.3 is 10.5 Å². The molecule has 0 saturated heterocycles. The zero-order chi connectivity index (χ0) is 11.1. The van der Waals surface area contributed by atoms with Crippen LogP contribution in [-0.2, 0) is 6.42 Å². The summed E-state index contributed by atoms with van der Waals surface area (Å²) in [7, 11) is 1.67. The normalized spacial score (nSPS) is 10.8. The van der Waals surface area contributed by atoms with Crippen LogP contribution in [0, 0.1) is 0 Å². The van der Waals surface area contributed by atoms with E-state index in [0.29, 0.717) is 5.17 Å². The fraction of sp³-hybridized carbons (Fsp3) is 0.364. The van der Waals surface area contributed by atoms with E-state index in [1.54, 1.807) is 7.11 Å². The lowest BCUT2D eigenvalue weighted by atomic mass is 10.1. The molecule has 0 atom stereocenters. The molecule has 16 heavy (non-hydrogen) atoms. The first-order chi connectivity index (χ1) is 7.22. The molecular formula is C11H17BrN2OS. The molecule has 0 amide bonds. The zero-order valence-corrected chi connectivity index (χ0v) is 11.8. The van der Waals surface area contributed by atoms with Gasteiger partial charge in [0.25, 0.3) is 0 Å². The van der Waals surface area contributed by atoms with Gasteiger partial charge in [-0.05, 0) is 30.5 Å². The first-order valence-electron chi connectivity index (χ1n) is 4.84. The van der Waals surface area contributed by atoms with E-state index >= 15 is 0 Å². The van der Waals surface area contributed by atoms with Gasteiger partial charge in [0.1, 0.15) is 5.75 Å². The van der Waals surface area contributed by atoms with Gasteiger partial charge in [-0.15, -0.1) is 29.6 Å². The molecule has 5 heteroatoms. The van der Waals surface area contributed by atoms with Gasteiger partial charge in [-0.25, -0.2) is 0 Å². The molecule has 0 saturated carbocycles. The van der Waals surface area contributed by atoms with Crippen LogP contribution < -0.4 is 10.5 Å². The van der Waals surface area contributed by atoms with Crippen LogP contribution >= 0.6 is 29.6 Å². The third kappa shape index (κ3) is 6.02. The van der Waals surface area contributed by atoms with Gasteiger partial charge in [-0.2, -0.15) is 0 Å². The molecule has 2 N–H and O–H groups in total. The van der Waals surface area contributed by atoms with Crippen molar-refractivity contribution in [2.24, 2.45) is 10.7 Å². The van der Waals surface area contributed by atoms with Gasteiger partial charge in [-0.3, -0.25) is 4.99 Å². The predicted molar refractivity (Wildman–Crippen MR) is 77.1 cm³/mol. The number of ether oxygens (including phenoxy) is 1. The van der Waals surface area contributed by atoms with E-state index < -0.39 is 0 Å². The van der Waals surface area contributed by atoms with Gasteiger partial charge in [0.05, 0.1) is 7.11 Å². The van der Waals surface area contributed by atoms with E-state index in [2.05, 4.69) is 29.8 Å². The lowest BCUT2D eigenvalue weighted by Gasteiger charge is -2.02. The van der Waals surface area contributed by atoms with E-state index in [-0.39, 0.29) is 17.0 Å². The van der Waals surface area contributed by atoms with Crippen LogP contribution in [0.4, 0.5) is 0 Å². The first kappa shape index (κ1) is 15.3. The van der Waals surface area contributed by atoms with E-state index in [0.717, 1.165) is 25.1 Å². The van der Waals surface area contributed by atoms with Gasteiger partial charge in [0, 0.05) is 6.54 Å². The summed E-state index contributed by atoms with van der Waals surface area (Å²) in [6, 6.07) is 8.05. The second-order valence-electron chi connectivity index (χ2n) is 3.19. The lowest BCUT2D eigenvalue weighted by Crippen LogP contribution is -2.03. The van der Waals surface area contributed by atoms with Crippen LogP contribution in [0.25, 0.3) is 0 Å². The van der Waals surface area contributed by atoms with Crippen molar-refractivity contribution < 1.29 is 4.74 Å². The minimum atomic E-state index is 0. The predicted octanol–water partition coefficient (Wildman–Crippen LogP) is 2.45. The van der Waals surface area contributed by atoms with E-state index in [4.69, 9.17) is 10.5 Å². The molecule has 0 unspecified atom stereocenters. The number of hydrogen-bond acceptors (Lipinski definition) is 2. The van der Waals surface area contributed by atoms with Crippen LogP contribution in [0.1, 0.15) is 12.0 Å². The van der Waals surface area contributed by atoms with Crippen LogP contribution in [0.3, 0.4) is 0 Å². The summed E-state index contributed by atoms with van der Waals surface area (Å²) in [4.78, 5) is 4.01. The third-order valence-electron chi connectivity index (χ3n) is 2.06. The van der Waals surface area contributed by atoms with Crippen LogP contribution in [0.15, 0.2) is 29.3 Å². The number of thiol groups is 1. The summed E-state index contributed by atoms with van der Waals surface area (Å²) in [6.07, 6.45) is 1.97. The van der Waals surface area contributed by atoms with Crippen molar-refractivity contribution in [3.8, 4) is 5.75 Å². The molecule has 0 spiro atoms. The Balaban J connectivity index is 0.00000225. The average Bonchev–Trinajstić information content (AvgIpc) is 2.25. The van der Waals surface area contributed by atoms with E-state index in [9.17, 15) is 0 Å². The number of halogens is 1. The van der Waals surface area contributed by atoms with Gasteiger partial charge >= 0.3 is 0 Å². The molecule has 1 rings (SSSR count). The van der Waals surface area contributed by atoms with Crippen LogP contribution in [0.2, 0.25) is 0 Å². The average molecular weight is 305 g/mol. The number of amidine groups is 1. The Morgan fingerprint density at radius 1 is 1.38 bits per heavy atom. The molecule has 3 nitrogen and oxygen atoms in total. The molecule has 90 valence electrons. The Labute approximate surface area is 112 Å². The summed E-state index contributed by atoms with van der Waals surface area (Å²) >= 11 is 3.90. The Bertz CT molecular complexity index is 323. The number of nitrogens with two attached hydrogens (primary N) is 1. The Morgan fingerprint density at radius 2 is 2.00 bits per heavy atom. The number of nitrogens with zero attached hydrogens (tertiary/aromatic N) is 1. The number of aliphatic imine (C=N–C) groups is 1. The molecule has 0 heterocycles. The fourth-order valence-corrected chi connectivity index (χ4v) is 1.37. The van der Waals surface area contributed by atoms with Gasteiger partial charge in [0.15, 0.2) is 5.17 Å². The summed E-state index contributed by atoms with van der Waals surface area (Å²) in [5, 5.41) is 0.352. The van der Waals surface area contributed by atoms with E-state index in [1.807, 2.05) is 12.1 Å². The second-order valence-corrected chi connectivity index (χ2v) is 3.65. The summed E-state index contributed by atoms with van der Waals surface area (Å²) in [6.45, 7) is 0.724. The van der Waals surface area contributed by atoms with Crippen molar-refractivity contribution in [1.29, 1.82) is 0 Å². The van der Waals surface area contributed by atoms with Crippen LogP contribution in [0.5, 0.6) is 5.75 Å². The highest BCUT2D eigenvalue weighted by Crippen LogP contribution is 2.12. The molecule has 1 aromatic rings. The SMILES string of the molecule is Br.COc1ccc(CCCN=C(N)S)cc1. The molecular weight excluding hydrogens is 288 g/mol. The minimum Gasteiger partial charge on any atom is -0.497 e. The Morgan fingerprint density at radius 3 is 2.50 bits per heavy atom. The van der Waals surface area contributed by atoms with Crippen molar-refractivity contribution in [1.82, 2.24) is 0 Å². The number of rotatable bonds is 5. The smallest absolute Gasteiger partial charge is 0.150 e. The number of hydrogen-bond donors (Lipinski definition) is 2. The van der Waals surface area contributed by atoms with E-state index in [1.165, 1.54) is 5.56 Å². The lowest BCUT2D eigenvalue weighted by molar-refractivity contribution is 0.414. The monoisotopic (exact) mass is 304 g/mol. The molecule has 0 bridgehead atoms. The summed E-state index contributed by atoms with van der Waals surface area (Å²) < 4.78 is 5.08. The molecule has 0 aliphatic rings. The van der Waals surface area contributed by atoms with Crippen molar-refractivity contribution in [2.75, 3.05) is 13.7 Å². The highest BCUT2D eigenvalue weighted by molar-refractivity contribution is 8.93. The second kappa shape index (κ2) is 8.47. The number of benzene rings is 1. The maximum atomic E-state index is 5.31. The van der Waals surface area contributed by atoms with Crippen molar-refractivity contribution in [3.05, 3.63) is 29.8 Å². The number of aryl methyl sites for hydroxylation is 1. The molecule has 0 aliphatic heterocycles. The maximum Gasteiger partial charge on any atom is 0.150 e. The summed E-state index contributed by atoms with van der Waals surface area (Å²) in [5.41, 5.74) is 6.59. The van der Waals surface area contributed by atoms with Gasteiger partial charge in [-0.1, -0.05) is 12.1 Å². The molecule has 0 aromatic heterocycles. The minimum absolute atomic E-state index is 0. The quantitative estimate of drug-likeness (QED) is 0.380. The Hall–Kier alpha value is -0.680. The Kier molecular flexibility index (Phi) is 8.11. The van der Waals surface area contributed by atoms with Crippen molar-refractivity contribution >= 4 is 34.8 Å². The summed E-state index contributed by atoms with van der Waals surface area (Å²) in [5.74, 6) is 0.886. The maximum absolute atomic E-state index is 5.31. The number of methoxy groups -OCH3 is 1. The van der Waals surface area contributed by atoms with Crippen molar-refractivity contribution in [2.45, 2.75) is 12.8 Å². The molecule has 1 aromatic carbocycles. The van der Waals surface area contributed by atoms with Crippen molar-refractivity contribution in [3.63, 3.8) is 0 Å². The fourth-order valence-electron chi connectivity index (χ4n) is 1.27.